The summed E-state index contributed by atoms with van der Waals surface area (Å²) < 4.78 is 0. The molecule has 4 aromatic carbocycles. The van der Waals surface area contributed by atoms with Crippen molar-refractivity contribution in [1.29, 1.82) is 0 Å². The molecule has 0 aromatic heterocycles. The Balaban J connectivity index is 1.40. The number of carbonyl (C=O) groups excluding carboxylic acids is 3. The SMILES string of the molecule is O=C(c1ccccc1)[C@H]1[C@H]2C(=O)N(c3ccc(Cl)cc3)C(=O)[C@@H]2[C@H]2C=Cc3c(ccc4ccccc34)N21. The quantitative estimate of drug-likeness (QED) is 0.263. The van der Waals surface area contributed by atoms with Gasteiger partial charge in [-0.25, -0.2) is 4.90 Å². The Bertz CT molecular complexity index is 1630. The molecule has 0 aliphatic carbocycles. The van der Waals surface area contributed by atoms with Gasteiger partial charge in [-0.15, -0.1) is 0 Å². The number of anilines is 2. The predicted molar refractivity (Wildman–Crippen MR) is 145 cm³/mol. The molecule has 2 fully saturated rings. The Morgan fingerprint density at radius 2 is 1.46 bits per heavy atom. The molecule has 37 heavy (non-hydrogen) atoms. The summed E-state index contributed by atoms with van der Waals surface area (Å²) in [5.41, 5.74) is 2.86. The van der Waals surface area contributed by atoms with Gasteiger partial charge in [-0.05, 0) is 41.1 Å². The maximum Gasteiger partial charge on any atom is 0.240 e. The van der Waals surface area contributed by atoms with Gasteiger partial charge >= 0.3 is 0 Å². The van der Waals surface area contributed by atoms with Gasteiger partial charge in [-0.1, -0.05) is 84.4 Å². The van der Waals surface area contributed by atoms with E-state index in [0.717, 1.165) is 22.0 Å². The molecule has 0 N–H and O–H groups in total. The zero-order valence-electron chi connectivity index (χ0n) is 19.6. The van der Waals surface area contributed by atoms with E-state index in [1.165, 1.54) is 4.90 Å². The monoisotopic (exact) mass is 504 g/mol. The van der Waals surface area contributed by atoms with Crippen LogP contribution >= 0.6 is 11.6 Å². The molecular weight excluding hydrogens is 484 g/mol. The van der Waals surface area contributed by atoms with E-state index in [-0.39, 0.29) is 17.6 Å². The van der Waals surface area contributed by atoms with Gasteiger partial charge in [0.25, 0.3) is 0 Å². The summed E-state index contributed by atoms with van der Waals surface area (Å²) in [6.45, 7) is 0. The van der Waals surface area contributed by atoms with Gasteiger partial charge < -0.3 is 4.90 Å². The number of imide groups is 1. The summed E-state index contributed by atoms with van der Waals surface area (Å²) in [5, 5.41) is 2.68. The summed E-state index contributed by atoms with van der Waals surface area (Å²) in [5.74, 6) is -2.27. The molecule has 0 unspecified atom stereocenters. The van der Waals surface area contributed by atoms with Crippen LogP contribution in [0.25, 0.3) is 16.8 Å². The molecule has 0 saturated carbocycles. The van der Waals surface area contributed by atoms with E-state index in [0.29, 0.717) is 16.3 Å². The molecule has 3 aliphatic rings. The summed E-state index contributed by atoms with van der Waals surface area (Å²) in [4.78, 5) is 45.2. The van der Waals surface area contributed by atoms with Crippen molar-refractivity contribution in [2.45, 2.75) is 12.1 Å². The number of amides is 2. The third kappa shape index (κ3) is 3.14. The molecule has 2 amide bonds. The van der Waals surface area contributed by atoms with Crippen molar-refractivity contribution >= 4 is 57.4 Å². The van der Waals surface area contributed by atoms with Crippen molar-refractivity contribution < 1.29 is 14.4 Å². The summed E-state index contributed by atoms with van der Waals surface area (Å²) in [7, 11) is 0. The highest BCUT2D eigenvalue weighted by atomic mass is 35.5. The molecule has 3 aliphatic heterocycles. The number of nitrogens with zero attached hydrogens (tertiary/aromatic N) is 2. The molecule has 7 rings (SSSR count). The van der Waals surface area contributed by atoms with Crippen LogP contribution in [-0.2, 0) is 9.59 Å². The average Bonchev–Trinajstić information content (AvgIpc) is 3.41. The minimum atomic E-state index is -0.809. The molecule has 0 bridgehead atoms. The molecule has 0 radical (unpaired) electrons. The Morgan fingerprint density at radius 3 is 2.24 bits per heavy atom. The smallest absolute Gasteiger partial charge is 0.240 e. The number of halogens is 1. The number of hydrogen-bond donors (Lipinski definition) is 0. The number of benzene rings is 4. The minimum Gasteiger partial charge on any atom is -0.352 e. The zero-order valence-corrected chi connectivity index (χ0v) is 20.4. The number of hydrogen-bond acceptors (Lipinski definition) is 4. The maximum absolute atomic E-state index is 14.1. The lowest BCUT2D eigenvalue weighted by Crippen LogP contribution is -2.48. The fourth-order valence-electron chi connectivity index (χ4n) is 6.24. The van der Waals surface area contributed by atoms with Crippen molar-refractivity contribution in [2.24, 2.45) is 11.8 Å². The van der Waals surface area contributed by atoms with Crippen LogP contribution in [0.1, 0.15) is 15.9 Å². The average molecular weight is 505 g/mol. The van der Waals surface area contributed by atoms with Gasteiger partial charge in [-0.3, -0.25) is 14.4 Å². The molecule has 4 atom stereocenters. The Morgan fingerprint density at radius 1 is 0.757 bits per heavy atom. The topological polar surface area (TPSA) is 57.7 Å². The van der Waals surface area contributed by atoms with Crippen LogP contribution < -0.4 is 9.80 Å². The van der Waals surface area contributed by atoms with Crippen molar-refractivity contribution in [3.05, 3.63) is 113 Å². The van der Waals surface area contributed by atoms with E-state index in [2.05, 4.69) is 12.1 Å². The lowest BCUT2D eigenvalue weighted by Gasteiger charge is -2.37. The lowest BCUT2D eigenvalue weighted by molar-refractivity contribution is -0.122. The molecule has 3 heterocycles. The first-order valence-electron chi connectivity index (χ1n) is 12.3. The third-order valence-electron chi connectivity index (χ3n) is 7.82. The second-order valence-corrected chi connectivity index (χ2v) is 10.1. The van der Waals surface area contributed by atoms with Crippen LogP contribution in [0.4, 0.5) is 11.4 Å². The molecular formula is C31H21ClN2O3. The fraction of sp³-hybridized carbons (Fsp3) is 0.129. The van der Waals surface area contributed by atoms with Gasteiger partial charge in [0.05, 0.1) is 23.6 Å². The van der Waals surface area contributed by atoms with E-state index in [9.17, 15) is 14.4 Å². The summed E-state index contributed by atoms with van der Waals surface area (Å²) in [6, 6.07) is 26.6. The van der Waals surface area contributed by atoms with Crippen molar-refractivity contribution in [3.8, 4) is 0 Å². The van der Waals surface area contributed by atoms with Crippen molar-refractivity contribution in [1.82, 2.24) is 0 Å². The molecule has 180 valence electrons. The largest absolute Gasteiger partial charge is 0.352 e. The molecule has 5 nitrogen and oxygen atoms in total. The number of ketones is 1. The number of carbonyl (C=O) groups is 3. The number of Topliss-reactive ketones (excluding diaryl/α,β-unsaturated/α-hetero) is 1. The van der Waals surface area contributed by atoms with Gasteiger partial charge in [0, 0.05) is 21.8 Å². The van der Waals surface area contributed by atoms with Crippen molar-refractivity contribution in [2.75, 3.05) is 9.80 Å². The molecule has 6 heteroatoms. The van der Waals surface area contributed by atoms with Crippen LogP contribution in [0, 0.1) is 11.8 Å². The fourth-order valence-corrected chi connectivity index (χ4v) is 6.37. The maximum atomic E-state index is 14.1. The van der Waals surface area contributed by atoms with E-state index in [4.69, 9.17) is 11.6 Å². The Labute approximate surface area is 218 Å². The molecule has 2 saturated heterocycles. The predicted octanol–water partition coefficient (Wildman–Crippen LogP) is 5.77. The van der Waals surface area contributed by atoms with Gasteiger partial charge in [0.2, 0.25) is 11.8 Å². The Hall–Kier alpha value is -4.22. The van der Waals surface area contributed by atoms with Crippen LogP contribution in [0.3, 0.4) is 0 Å². The van der Waals surface area contributed by atoms with Gasteiger partial charge in [0.1, 0.15) is 6.04 Å². The highest BCUT2D eigenvalue weighted by Gasteiger charge is 2.64. The summed E-state index contributed by atoms with van der Waals surface area (Å²) in [6.07, 6.45) is 4.02. The third-order valence-corrected chi connectivity index (χ3v) is 8.08. The van der Waals surface area contributed by atoms with Crippen LogP contribution in [-0.4, -0.2) is 29.7 Å². The molecule has 0 spiro atoms. The Kier molecular flexibility index (Phi) is 4.85. The minimum absolute atomic E-state index is 0.161. The zero-order chi connectivity index (χ0) is 25.3. The first-order valence-corrected chi connectivity index (χ1v) is 12.6. The van der Waals surface area contributed by atoms with E-state index in [1.54, 1.807) is 36.4 Å². The first kappa shape index (κ1) is 22.0. The van der Waals surface area contributed by atoms with E-state index >= 15 is 0 Å². The van der Waals surface area contributed by atoms with Crippen LogP contribution in [0.15, 0.2) is 97.1 Å². The van der Waals surface area contributed by atoms with Gasteiger partial charge in [0.15, 0.2) is 5.78 Å². The first-order chi connectivity index (χ1) is 18.0. The van der Waals surface area contributed by atoms with Crippen LogP contribution in [0.2, 0.25) is 5.02 Å². The second-order valence-electron chi connectivity index (χ2n) is 9.69. The van der Waals surface area contributed by atoms with Crippen molar-refractivity contribution in [3.63, 3.8) is 0 Å². The highest BCUT2D eigenvalue weighted by molar-refractivity contribution is 6.31. The highest BCUT2D eigenvalue weighted by Crippen LogP contribution is 2.50. The van der Waals surface area contributed by atoms with E-state index < -0.39 is 23.9 Å². The second kappa shape index (κ2) is 8.15. The summed E-state index contributed by atoms with van der Waals surface area (Å²) >= 11 is 6.05. The van der Waals surface area contributed by atoms with E-state index in [1.807, 2.05) is 59.5 Å². The lowest BCUT2D eigenvalue weighted by atomic mass is 9.86. The van der Waals surface area contributed by atoms with Crippen LogP contribution in [0.5, 0.6) is 0 Å². The molecule has 4 aromatic rings. The van der Waals surface area contributed by atoms with Gasteiger partial charge in [-0.2, -0.15) is 0 Å². The number of fused-ring (bicyclic) bond motifs is 7. The standard InChI is InChI=1S/C31H21ClN2O3/c32-20-11-13-21(14-12-20)33-30(36)26-25-17-15-23-22-9-5-4-6-18(22)10-16-24(23)34(25)28(27(26)31(33)37)29(35)19-7-2-1-3-8-19/h1-17,25-28H/t25-,26-,27+,28-/m1/s1. The number of rotatable bonds is 3. The normalized spacial score (nSPS) is 23.8.